The highest BCUT2D eigenvalue weighted by Gasteiger charge is 2.43. The van der Waals surface area contributed by atoms with Crippen LogP contribution in [0.3, 0.4) is 0 Å². The molecule has 1 unspecified atom stereocenters. The van der Waals surface area contributed by atoms with Gasteiger partial charge in [0.15, 0.2) is 5.82 Å². The minimum Gasteiger partial charge on any atom is -0.297 e. The van der Waals surface area contributed by atoms with E-state index >= 15 is 0 Å². The molecule has 0 bridgehead atoms. The summed E-state index contributed by atoms with van der Waals surface area (Å²) in [5.41, 5.74) is 3.96. The predicted molar refractivity (Wildman–Crippen MR) is 109 cm³/mol. The normalized spacial score (nSPS) is 22.3. The summed E-state index contributed by atoms with van der Waals surface area (Å²) >= 11 is 1.82. The second kappa shape index (κ2) is 6.80. The predicted octanol–water partition coefficient (Wildman–Crippen LogP) is 4.39. The summed E-state index contributed by atoms with van der Waals surface area (Å²) in [5.74, 6) is 0.867. The first kappa shape index (κ1) is 17.0. The average molecular weight is 377 g/mol. The summed E-state index contributed by atoms with van der Waals surface area (Å²) in [6.45, 7) is 5.37. The number of hydrogen-bond donors (Lipinski definition) is 0. The van der Waals surface area contributed by atoms with E-state index in [1.54, 1.807) is 0 Å². The van der Waals surface area contributed by atoms with Gasteiger partial charge in [-0.05, 0) is 44.7 Å². The van der Waals surface area contributed by atoms with E-state index in [2.05, 4.69) is 52.3 Å². The number of fused-ring (bicyclic) bond motifs is 2. The Bertz CT molecular complexity index is 948. The molecule has 1 atom stereocenters. The van der Waals surface area contributed by atoms with E-state index in [9.17, 15) is 0 Å². The maximum atomic E-state index is 5.10. The van der Waals surface area contributed by atoms with Crippen LogP contribution in [0.25, 0.3) is 11.4 Å². The molecule has 138 valence electrons. The molecule has 5 rings (SSSR count). The Kier molecular flexibility index (Phi) is 4.29. The molecule has 1 fully saturated rings. The smallest absolute Gasteiger partial charge is 0.159 e. The van der Waals surface area contributed by atoms with Crippen molar-refractivity contribution in [2.24, 2.45) is 0 Å². The number of hydrogen-bond acceptors (Lipinski definition) is 5. The molecular weight excluding hydrogens is 352 g/mol. The molecule has 2 aromatic heterocycles. The van der Waals surface area contributed by atoms with Crippen molar-refractivity contribution in [2.75, 3.05) is 13.1 Å². The fraction of sp³-hybridized carbons (Fsp3) is 0.409. The van der Waals surface area contributed by atoms with Crippen molar-refractivity contribution in [1.29, 1.82) is 0 Å². The van der Waals surface area contributed by atoms with Crippen LogP contribution < -0.4 is 0 Å². The maximum absolute atomic E-state index is 5.10. The molecular formula is C22H24N4S. The lowest BCUT2D eigenvalue weighted by Gasteiger charge is -2.40. The van der Waals surface area contributed by atoms with Crippen LogP contribution in [0.1, 0.15) is 40.4 Å². The topological polar surface area (TPSA) is 41.9 Å². The van der Waals surface area contributed by atoms with Crippen molar-refractivity contribution in [3.8, 4) is 11.4 Å². The van der Waals surface area contributed by atoms with Crippen LogP contribution in [-0.2, 0) is 18.4 Å². The minimum absolute atomic E-state index is 0.194. The molecule has 1 saturated heterocycles. The number of nitrogens with zero attached hydrogens (tertiary/aromatic N) is 4. The van der Waals surface area contributed by atoms with Gasteiger partial charge in [-0.15, -0.1) is 11.3 Å². The van der Waals surface area contributed by atoms with E-state index in [1.807, 2.05) is 23.6 Å². The van der Waals surface area contributed by atoms with Crippen LogP contribution in [0.5, 0.6) is 0 Å². The molecule has 0 saturated carbocycles. The molecule has 5 heteroatoms. The SMILES string of the molecule is Cc1ncc(CN2CCCC3(CCc4cnc(-c5ccccc5)nc43)C2)s1. The van der Waals surface area contributed by atoms with Crippen LogP contribution in [0.4, 0.5) is 0 Å². The van der Waals surface area contributed by atoms with E-state index < -0.39 is 0 Å². The van der Waals surface area contributed by atoms with Gasteiger partial charge in [-0.3, -0.25) is 4.90 Å². The quantitative estimate of drug-likeness (QED) is 0.680. The third-order valence-electron chi connectivity index (χ3n) is 5.98. The maximum Gasteiger partial charge on any atom is 0.159 e. The molecule has 27 heavy (non-hydrogen) atoms. The number of piperidine rings is 1. The molecule has 2 aliphatic rings. The van der Waals surface area contributed by atoms with Gasteiger partial charge in [0.2, 0.25) is 0 Å². The molecule has 3 heterocycles. The zero-order valence-corrected chi connectivity index (χ0v) is 16.5. The van der Waals surface area contributed by atoms with Crippen LogP contribution in [0, 0.1) is 6.92 Å². The Balaban J connectivity index is 1.44. The van der Waals surface area contributed by atoms with Gasteiger partial charge >= 0.3 is 0 Å². The van der Waals surface area contributed by atoms with Crippen molar-refractivity contribution in [2.45, 2.75) is 44.6 Å². The fourth-order valence-corrected chi connectivity index (χ4v) is 5.56. The van der Waals surface area contributed by atoms with Crippen LogP contribution >= 0.6 is 11.3 Å². The third kappa shape index (κ3) is 3.19. The number of likely N-dealkylation sites (tertiary alicyclic amines) is 1. The van der Waals surface area contributed by atoms with Crippen molar-refractivity contribution >= 4 is 11.3 Å². The van der Waals surface area contributed by atoms with Gasteiger partial charge in [-0.2, -0.15) is 0 Å². The fourth-order valence-electron chi connectivity index (χ4n) is 4.73. The number of thiazole rings is 1. The van der Waals surface area contributed by atoms with E-state index in [4.69, 9.17) is 4.98 Å². The Morgan fingerprint density at radius 2 is 2.00 bits per heavy atom. The molecule has 1 aromatic carbocycles. The first-order chi connectivity index (χ1) is 13.2. The third-order valence-corrected chi connectivity index (χ3v) is 6.87. The lowest BCUT2D eigenvalue weighted by Crippen LogP contribution is -2.44. The van der Waals surface area contributed by atoms with E-state index in [0.29, 0.717) is 0 Å². The molecule has 0 N–H and O–H groups in total. The Morgan fingerprint density at radius 3 is 2.81 bits per heavy atom. The van der Waals surface area contributed by atoms with Gasteiger partial charge in [-0.1, -0.05) is 30.3 Å². The Labute approximate surface area is 164 Å². The highest BCUT2D eigenvalue weighted by atomic mass is 32.1. The summed E-state index contributed by atoms with van der Waals surface area (Å²) < 4.78 is 0. The number of rotatable bonds is 3. The molecule has 1 aliphatic heterocycles. The number of benzene rings is 1. The van der Waals surface area contributed by atoms with Crippen LogP contribution in [0.2, 0.25) is 0 Å². The van der Waals surface area contributed by atoms with Gasteiger partial charge < -0.3 is 0 Å². The number of aryl methyl sites for hydroxylation is 2. The largest absolute Gasteiger partial charge is 0.297 e. The molecule has 1 aliphatic carbocycles. The zero-order valence-electron chi connectivity index (χ0n) is 15.7. The van der Waals surface area contributed by atoms with Gasteiger partial charge in [0.05, 0.1) is 10.7 Å². The van der Waals surface area contributed by atoms with Crippen molar-refractivity contribution in [3.05, 3.63) is 63.9 Å². The van der Waals surface area contributed by atoms with Crippen LogP contribution in [0.15, 0.2) is 42.7 Å². The Morgan fingerprint density at radius 1 is 1.11 bits per heavy atom. The summed E-state index contributed by atoms with van der Waals surface area (Å²) in [7, 11) is 0. The van der Waals surface area contributed by atoms with Gasteiger partial charge in [-0.25, -0.2) is 15.0 Å². The zero-order chi connectivity index (χ0) is 18.3. The number of aromatic nitrogens is 3. The average Bonchev–Trinajstić information content (AvgIpc) is 3.26. The summed E-state index contributed by atoms with van der Waals surface area (Å²) in [6.07, 6.45) is 8.90. The summed E-state index contributed by atoms with van der Waals surface area (Å²) in [6, 6.07) is 10.4. The second-order valence-corrected chi connectivity index (χ2v) is 9.19. The van der Waals surface area contributed by atoms with Crippen molar-refractivity contribution < 1.29 is 0 Å². The Hall–Kier alpha value is -2.11. The van der Waals surface area contributed by atoms with Gasteiger partial charge in [0.1, 0.15) is 0 Å². The summed E-state index contributed by atoms with van der Waals surface area (Å²) in [5, 5.41) is 1.16. The molecule has 4 nitrogen and oxygen atoms in total. The van der Waals surface area contributed by atoms with Crippen molar-refractivity contribution in [3.63, 3.8) is 0 Å². The first-order valence-corrected chi connectivity index (χ1v) is 10.6. The monoisotopic (exact) mass is 376 g/mol. The molecule has 1 spiro atoms. The van der Waals surface area contributed by atoms with E-state index in [0.717, 1.165) is 35.9 Å². The molecule has 3 aromatic rings. The van der Waals surface area contributed by atoms with Crippen LogP contribution in [-0.4, -0.2) is 32.9 Å². The summed E-state index contributed by atoms with van der Waals surface area (Å²) in [4.78, 5) is 18.2. The standard InChI is InChI=1S/C22H24N4S/c1-16-23-13-19(27-16)14-26-11-5-9-22(15-26)10-8-18-12-24-21(25-20(18)22)17-6-3-2-4-7-17/h2-4,6-7,12-13H,5,8-11,14-15H2,1H3. The lowest BCUT2D eigenvalue weighted by atomic mass is 9.77. The minimum atomic E-state index is 0.194. The molecule has 0 amide bonds. The molecule has 0 radical (unpaired) electrons. The van der Waals surface area contributed by atoms with Crippen molar-refractivity contribution in [1.82, 2.24) is 19.9 Å². The second-order valence-electron chi connectivity index (χ2n) is 7.87. The highest BCUT2D eigenvalue weighted by Crippen LogP contribution is 2.44. The van der Waals surface area contributed by atoms with E-state index in [-0.39, 0.29) is 5.41 Å². The van der Waals surface area contributed by atoms with E-state index in [1.165, 1.54) is 41.9 Å². The lowest BCUT2D eigenvalue weighted by molar-refractivity contribution is 0.138. The van der Waals surface area contributed by atoms with Gasteiger partial charge in [0.25, 0.3) is 0 Å². The van der Waals surface area contributed by atoms with Gasteiger partial charge in [0, 0.05) is 41.3 Å². The first-order valence-electron chi connectivity index (χ1n) is 9.77. The highest BCUT2D eigenvalue weighted by molar-refractivity contribution is 7.11.